The van der Waals surface area contributed by atoms with Gasteiger partial charge in [-0.05, 0) is 25.0 Å². The van der Waals surface area contributed by atoms with Gasteiger partial charge in [0.25, 0.3) is 0 Å². The molecule has 2 atom stereocenters. The van der Waals surface area contributed by atoms with E-state index in [9.17, 15) is 4.79 Å². The van der Waals surface area contributed by atoms with Gasteiger partial charge in [0.05, 0.1) is 12.0 Å². The van der Waals surface area contributed by atoms with E-state index in [1.165, 1.54) is 5.56 Å². The van der Waals surface area contributed by atoms with E-state index in [1.54, 1.807) is 0 Å². The highest BCUT2D eigenvalue weighted by Crippen LogP contribution is 2.47. The summed E-state index contributed by atoms with van der Waals surface area (Å²) < 4.78 is 0. The Morgan fingerprint density at radius 1 is 0.850 bits per heavy atom. The molecular formula is C18H19NO. The van der Waals surface area contributed by atoms with E-state index >= 15 is 0 Å². The summed E-state index contributed by atoms with van der Waals surface area (Å²) in [5.41, 5.74) is 2.33. The molecule has 0 aromatic heterocycles. The largest absolute Gasteiger partial charge is 0.331 e. The van der Waals surface area contributed by atoms with Crippen molar-refractivity contribution < 1.29 is 4.79 Å². The van der Waals surface area contributed by atoms with Crippen molar-refractivity contribution in [3.63, 3.8) is 0 Å². The van der Waals surface area contributed by atoms with Gasteiger partial charge in [-0.1, -0.05) is 60.7 Å². The molecule has 0 N–H and O–H groups in total. The first-order valence-corrected chi connectivity index (χ1v) is 7.12. The second-order valence-corrected chi connectivity index (χ2v) is 5.58. The van der Waals surface area contributed by atoms with E-state index in [0.717, 1.165) is 5.56 Å². The third kappa shape index (κ3) is 2.01. The van der Waals surface area contributed by atoms with Crippen LogP contribution in [0.2, 0.25) is 0 Å². The molecule has 2 aromatic carbocycles. The summed E-state index contributed by atoms with van der Waals surface area (Å²) in [6.45, 7) is 4.16. The van der Waals surface area contributed by atoms with E-state index in [-0.39, 0.29) is 23.9 Å². The summed E-state index contributed by atoms with van der Waals surface area (Å²) >= 11 is 0. The molecule has 2 heteroatoms. The normalized spacial score (nSPS) is 21.9. The van der Waals surface area contributed by atoms with E-state index in [0.29, 0.717) is 0 Å². The maximum absolute atomic E-state index is 12.5. The topological polar surface area (TPSA) is 20.3 Å². The van der Waals surface area contributed by atoms with Crippen LogP contribution < -0.4 is 0 Å². The zero-order valence-electron chi connectivity index (χ0n) is 11.9. The SMILES string of the molecule is CC(C)N1C(=O)[C@H](c2ccccc2)[C@@H]1c1ccccc1. The van der Waals surface area contributed by atoms with Crippen LogP contribution in [0.3, 0.4) is 0 Å². The average Bonchev–Trinajstić information content (AvgIpc) is 2.46. The number of benzene rings is 2. The van der Waals surface area contributed by atoms with Crippen LogP contribution in [0.1, 0.15) is 36.9 Å². The van der Waals surface area contributed by atoms with Gasteiger partial charge in [-0.25, -0.2) is 0 Å². The number of carbonyl (C=O) groups is 1. The Balaban J connectivity index is 2.00. The fourth-order valence-electron chi connectivity index (χ4n) is 3.08. The summed E-state index contributed by atoms with van der Waals surface area (Å²) in [7, 11) is 0. The Bertz CT molecular complexity index is 591. The second-order valence-electron chi connectivity index (χ2n) is 5.58. The molecular weight excluding hydrogens is 246 g/mol. The predicted octanol–water partition coefficient (Wildman–Crippen LogP) is 3.76. The predicted molar refractivity (Wildman–Crippen MR) is 80.3 cm³/mol. The molecule has 0 saturated carbocycles. The van der Waals surface area contributed by atoms with Crippen molar-refractivity contribution in [3.8, 4) is 0 Å². The lowest BCUT2D eigenvalue weighted by Gasteiger charge is -2.50. The van der Waals surface area contributed by atoms with Gasteiger partial charge in [0.2, 0.25) is 5.91 Å². The van der Waals surface area contributed by atoms with Crippen molar-refractivity contribution in [1.29, 1.82) is 0 Å². The fourth-order valence-corrected chi connectivity index (χ4v) is 3.08. The van der Waals surface area contributed by atoms with Gasteiger partial charge in [0, 0.05) is 6.04 Å². The Kier molecular flexibility index (Phi) is 3.31. The molecule has 1 amide bonds. The number of hydrogen-bond acceptors (Lipinski definition) is 1. The molecule has 0 bridgehead atoms. The number of rotatable bonds is 3. The smallest absolute Gasteiger partial charge is 0.233 e. The maximum atomic E-state index is 12.5. The van der Waals surface area contributed by atoms with E-state index < -0.39 is 0 Å². The minimum absolute atomic E-state index is 0.0407. The molecule has 0 aliphatic carbocycles. The monoisotopic (exact) mass is 265 g/mol. The number of nitrogens with zero attached hydrogens (tertiary/aromatic N) is 1. The lowest BCUT2D eigenvalue weighted by molar-refractivity contribution is -0.153. The summed E-state index contributed by atoms with van der Waals surface area (Å²) in [4.78, 5) is 14.5. The van der Waals surface area contributed by atoms with Gasteiger partial charge >= 0.3 is 0 Å². The highest BCUT2D eigenvalue weighted by atomic mass is 16.2. The molecule has 0 spiro atoms. The third-order valence-corrected chi connectivity index (χ3v) is 3.99. The molecule has 2 aromatic rings. The van der Waals surface area contributed by atoms with E-state index in [4.69, 9.17) is 0 Å². The molecule has 20 heavy (non-hydrogen) atoms. The zero-order chi connectivity index (χ0) is 14.1. The molecule has 0 unspecified atom stereocenters. The van der Waals surface area contributed by atoms with E-state index in [2.05, 4.69) is 38.1 Å². The van der Waals surface area contributed by atoms with Gasteiger partial charge in [0.1, 0.15) is 0 Å². The van der Waals surface area contributed by atoms with Crippen LogP contribution in [-0.4, -0.2) is 16.8 Å². The molecule has 1 saturated heterocycles. The minimum atomic E-state index is -0.0407. The minimum Gasteiger partial charge on any atom is -0.331 e. The standard InChI is InChI=1S/C18H19NO/c1-13(2)19-17(15-11-7-4-8-12-15)16(18(19)20)14-9-5-3-6-10-14/h3-13,16-17H,1-2H3/t16-,17+/m1/s1. The first-order valence-electron chi connectivity index (χ1n) is 7.12. The van der Waals surface area contributed by atoms with Crippen LogP contribution >= 0.6 is 0 Å². The lowest BCUT2D eigenvalue weighted by Crippen LogP contribution is -2.56. The number of likely N-dealkylation sites (tertiary alicyclic amines) is 1. The molecule has 1 aliphatic rings. The van der Waals surface area contributed by atoms with Crippen molar-refractivity contribution in [2.45, 2.75) is 31.8 Å². The van der Waals surface area contributed by atoms with Crippen LogP contribution in [0, 0.1) is 0 Å². The first-order chi connectivity index (χ1) is 9.70. The van der Waals surface area contributed by atoms with Gasteiger partial charge in [-0.15, -0.1) is 0 Å². The van der Waals surface area contributed by atoms with Crippen molar-refractivity contribution in [2.75, 3.05) is 0 Å². The van der Waals surface area contributed by atoms with Crippen LogP contribution in [-0.2, 0) is 4.79 Å². The molecule has 3 rings (SSSR count). The molecule has 1 fully saturated rings. The van der Waals surface area contributed by atoms with Gasteiger partial charge in [-0.3, -0.25) is 4.79 Å². The van der Waals surface area contributed by atoms with Crippen molar-refractivity contribution in [1.82, 2.24) is 4.90 Å². The Morgan fingerprint density at radius 2 is 1.35 bits per heavy atom. The Labute approximate surface area is 120 Å². The zero-order valence-corrected chi connectivity index (χ0v) is 11.9. The number of carbonyl (C=O) groups excluding carboxylic acids is 1. The molecule has 102 valence electrons. The average molecular weight is 265 g/mol. The molecule has 0 radical (unpaired) electrons. The van der Waals surface area contributed by atoms with Crippen LogP contribution in [0.15, 0.2) is 60.7 Å². The number of amides is 1. The lowest BCUT2D eigenvalue weighted by atomic mass is 9.77. The first kappa shape index (κ1) is 12.9. The number of β-lactam (4-membered cyclic amide) rings is 1. The highest BCUT2D eigenvalue weighted by Gasteiger charge is 2.49. The van der Waals surface area contributed by atoms with Crippen molar-refractivity contribution in [2.24, 2.45) is 0 Å². The highest BCUT2D eigenvalue weighted by molar-refractivity contribution is 5.91. The van der Waals surface area contributed by atoms with Crippen LogP contribution in [0.4, 0.5) is 0 Å². The Morgan fingerprint density at radius 3 is 1.85 bits per heavy atom. The third-order valence-electron chi connectivity index (χ3n) is 3.99. The van der Waals surface area contributed by atoms with E-state index in [1.807, 2.05) is 41.3 Å². The second kappa shape index (κ2) is 5.12. The molecule has 1 aliphatic heterocycles. The Hall–Kier alpha value is -2.09. The molecule has 2 nitrogen and oxygen atoms in total. The molecule has 1 heterocycles. The van der Waals surface area contributed by atoms with Gasteiger partial charge in [-0.2, -0.15) is 0 Å². The van der Waals surface area contributed by atoms with Crippen molar-refractivity contribution >= 4 is 5.91 Å². The van der Waals surface area contributed by atoms with Crippen molar-refractivity contribution in [3.05, 3.63) is 71.8 Å². The summed E-state index contributed by atoms with van der Waals surface area (Å²) in [6.07, 6.45) is 0. The van der Waals surface area contributed by atoms with Gasteiger partial charge < -0.3 is 4.90 Å². The fraction of sp³-hybridized carbons (Fsp3) is 0.278. The summed E-state index contributed by atoms with van der Waals surface area (Å²) in [5.74, 6) is 0.195. The maximum Gasteiger partial charge on any atom is 0.233 e. The van der Waals surface area contributed by atoms with Crippen LogP contribution in [0.5, 0.6) is 0 Å². The quantitative estimate of drug-likeness (QED) is 0.774. The van der Waals surface area contributed by atoms with Gasteiger partial charge in [0.15, 0.2) is 0 Å². The summed E-state index contributed by atoms with van der Waals surface area (Å²) in [6, 6.07) is 20.8. The van der Waals surface area contributed by atoms with Crippen LogP contribution in [0.25, 0.3) is 0 Å². The summed E-state index contributed by atoms with van der Waals surface area (Å²) in [5, 5.41) is 0. The number of hydrogen-bond donors (Lipinski definition) is 0.